The van der Waals surface area contributed by atoms with Crippen LogP contribution >= 0.6 is 11.6 Å². The summed E-state index contributed by atoms with van der Waals surface area (Å²) in [6.07, 6.45) is -6.14. The zero-order chi connectivity index (χ0) is 14.3. The molecule has 1 N–H and O–H groups in total. The Morgan fingerprint density at radius 1 is 1.26 bits per heavy atom. The maximum atomic E-state index is 12.8. The molecular weight excluding hydrogens is 281 g/mol. The van der Waals surface area contributed by atoms with E-state index in [1.54, 1.807) is 24.3 Å². The molecule has 1 aliphatic carbocycles. The standard InChI is InChI=1S/C13H12ClF3O2/c14-10-3-1-8(2-4-10)9-5-11(18)7-12(19,6-9)13(15,16)17/h1-4,9,19H,5-7H2/t9-,12+/m0/s1. The average Bonchev–Trinajstić information content (AvgIpc) is 2.27. The molecule has 0 heterocycles. The van der Waals surface area contributed by atoms with Gasteiger partial charge < -0.3 is 5.11 Å². The molecule has 1 saturated carbocycles. The summed E-state index contributed by atoms with van der Waals surface area (Å²) in [6.45, 7) is 0. The van der Waals surface area contributed by atoms with E-state index in [0.29, 0.717) is 10.6 Å². The molecule has 1 aromatic rings. The highest BCUT2D eigenvalue weighted by molar-refractivity contribution is 6.30. The maximum Gasteiger partial charge on any atom is 0.417 e. The van der Waals surface area contributed by atoms with E-state index >= 15 is 0 Å². The van der Waals surface area contributed by atoms with Crippen LogP contribution in [0.2, 0.25) is 5.02 Å². The van der Waals surface area contributed by atoms with Crippen molar-refractivity contribution in [2.45, 2.75) is 37.0 Å². The molecule has 0 aromatic heterocycles. The monoisotopic (exact) mass is 292 g/mol. The van der Waals surface area contributed by atoms with Crippen molar-refractivity contribution in [2.24, 2.45) is 0 Å². The Kier molecular flexibility index (Phi) is 3.62. The first-order valence-electron chi connectivity index (χ1n) is 5.77. The molecule has 0 aliphatic heterocycles. The molecule has 0 amide bonds. The second kappa shape index (κ2) is 4.80. The molecule has 0 radical (unpaired) electrons. The number of rotatable bonds is 1. The number of Topliss-reactive ketones (excluding diaryl/α,β-unsaturated/α-hetero) is 1. The molecule has 104 valence electrons. The van der Waals surface area contributed by atoms with Crippen molar-refractivity contribution in [3.63, 3.8) is 0 Å². The van der Waals surface area contributed by atoms with E-state index in [0.717, 1.165) is 0 Å². The normalized spacial score (nSPS) is 28.5. The van der Waals surface area contributed by atoms with Crippen molar-refractivity contribution < 1.29 is 23.1 Å². The molecule has 2 atom stereocenters. The second-order valence-electron chi connectivity index (χ2n) is 4.90. The molecular formula is C13H12ClF3O2. The highest BCUT2D eigenvalue weighted by atomic mass is 35.5. The van der Waals surface area contributed by atoms with Gasteiger partial charge in [-0.25, -0.2) is 0 Å². The van der Waals surface area contributed by atoms with Gasteiger partial charge >= 0.3 is 6.18 Å². The number of hydrogen-bond acceptors (Lipinski definition) is 2. The third-order valence-corrected chi connectivity index (χ3v) is 3.67. The maximum absolute atomic E-state index is 12.8. The van der Waals surface area contributed by atoms with Crippen molar-refractivity contribution in [2.75, 3.05) is 0 Å². The lowest BCUT2D eigenvalue weighted by atomic mass is 9.74. The third kappa shape index (κ3) is 2.92. The number of ketones is 1. The van der Waals surface area contributed by atoms with E-state index in [2.05, 4.69) is 0 Å². The smallest absolute Gasteiger partial charge is 0.380 e. The van der Waals surface area contributed by atoms with Gasteiger partial charge in [-0.2, -0.15) is 13.2 Å². The number of hydrogen-bond donors (Lipinski definition) is 1. The first-order chi connectivity index (χ1) is 8.71. The van der Waals surface area contributed by atoms with Crippen molar-refractivity contribution in [3.05, 3.63) is 34.9 Å². The summed E-state index contributed by atoms with van der Waals surface area (Å²) < 4.78 is 38.5. The molecule has 0 saturated heterocycles. The van der Waals surface area contributed by atoms with Crippen LogP contribution in [0.3, 0.4) is 0 Å². The van der Waals surface area contributed by atoms with E-state index in [1.807, 2.05) is 0 Å². The van der Waals surface area contributed by atoms with Gasteiger partial charge in [0.05, 0.1) is 0 Å². The largest absolute Gasteiger partial charge is 0.417 e. The minimum atomic E-state index is -4.80. The van der Waals surface area contributed by atoms with Crippen LogP contribution in [0.25, 0.3) is 0 Å². The van der Waals surface area contributed by atoms with Crippen LogP contribution in [0.4, 0.5) is 13.2 Å². The molecule has 0 spiro atoms. The summed E-state index contributed by atoms with van der Waals surface area (Å²) in [5, 5.41) is 10.2. The number of carbonyl (C=O) groups is 1. The predicted octanol–water partition coefficient (Wildman–Crippen LogP) is 3.47. The van der Waals surface area contributed by atoms with Crippen molar-refractivity contribution >= 4 is 17.4 Å². The van der Waals surface area contributed by atoms with Gasteiger partial charge in [0.2, 0.25) is 0 Å². The summed E-state index contributed by atoms with van der Waals surface area (Å²) in [6, 6.07) is 6.29. The Bertz CT molecular complexity index is 484. The molecule has 0 bridgehead atoms. The molecule has 0 unspecified atom stereocenters. The van der Waals surface area contributed by atoms with Gasteiger partial charge in [0.1, 0.15) is 5.78 Å². The summed E-state index contributed by atoms with van der Waals surface area (Å²) in [4.78, 5) is 11.5. The van der Waals surface area contributed by atoms with E-state index in [9.17, 15) is 23.1 Å². The lowest BCUT2D eigenvalue weighted by molar-refractivity contribution is -0.267. The Morgan fingerprint density at radius 3 is 2.37 bits per heavy atom. The number of aliphatic hydroxyl groups is 1. The topological polar surface area (TPSA) is 37.3 Å². The zero-order valence-corrected chi connectivity index (χ0v) is 10.6. The Labute approximate surface area is 113 Å². The Morgan fingerprint density at radius 2 is 1.84 bits per heavy atom. The Hall–Kier alpha value is -1.07. The van der Waals surface area contributed by atoms with Gasteiger partial charge in [0.25, 0.3) is 0 Å². The van der Waals surface area contributed by atoms with Crippen LogP contribution in [-0.2, 0) is 4.79 Å². The molecule has 1 aromatic carbocycles. The number of alkyl halides is 3. The Balaban J connectivity index is 2.28. The van der Waals surface area contributed by atoms with Gasteiger partial charge in [-0.05, 0) is 30.0 Å². The molecule has 2 rings (SSSR count). The lowest BCUT2D eigenvalue weighted by Gasteiger charge is -2.37. The van der Waals surface area contributed by atoms with Crippen LogP contribution in [0.1, 0.15) is 30.7 Å². The van der Waals surface area contributed by atoms with Crippen molar-refractivity contribution in [1.29, 1.82) is 0 Å². The quantitative estimate of drug-likeness (QED) is 0.860. The highest BCUT2D eigenvalue weighted by Crippen LogP contribution is 2.45. The fourth-order valence-electron chi connectivity index (χ4n) is 2.41. The summed E-state index contributed by atoms with van der Waals surface area (Å²) in [5.41, 5.74) is -2.34. The predicted molar refractivity (Wildman–Crippen MR) is 64.1 cm³/mol. The molecule has 6 heteroatoms. The van der Waals surface area contributed by atoms with Crippen LogP contribution < -0.4 is 0 Å². The molecule has 19 heavy (non-hydrogen) atoms. The van der Waals surface area contributed by atoms with Crippen LogP contribution in [0, 0.1) is 0 Å². The summed E-state index contributed by atoms with van der Waals surface area (Å²) in [7, 11) is 0. The lowest BCUT2D eigenvalue weighted by Crippen LogP contribution is -2.50. The minimum absolute atomic E-state index is 0.0139. The first kappa shape index (κ1) is 14.3. The summed E-state index contributed by atoms with van der Waals surface area (Å²) >= 11 is 5.71. The van der Waals surface area contributed by atoms with Crippen molar-refractivity contribution in [1.82, 2.24) is 0 Å². The number of halogens is 4. The van der Waals surface area contributed by atoms with Crippen molar-refractivity contribution in [3.8, 4) is 0 Å². The summed E-state index contributed by atoms with van der Waals surface area (Å²) in [5.74, 6) is -1.21. The SMILES string of the molecule is O=C1C[C@H](c2ccc(Cl)cc2)C[C@](O)(C(F)(F)F)C1. The zero-order valence-electron chi connectivity index (χ0n) is 9.88. The average molecular weight is 293 g/mol. The van der Waals surface area contributed by atoms with Gasteiger partial charge in [0.15, 0.2) is 5.60 Å². The van der Waals surface area contributed by atoms with Crippen LogP contribution in [0.5, 0.6) is 0 Å². The van der Waals surface area contributed by atoms with Gasteiger partial charge in [-0.1, -0.05) is 23.7 Å². The number of carbonyl (C=O) groups excluding carboxylic acids is 1. The minimum Gasteiger partial charge on any atom is -0.380 e. The second-order valence-corrected chi connectivity index (χ2v) is 5.34. The molecule has 2 nitrogen and oxygen atoms in total. The highest BCUT2D eigenvalue weighted by Gasteiger charge is 2.57. The van der Waals surface area contributed by atoms with Gasteiger partial charge in [-0.15, -0.1) is 0 Å². The molecule has 1 aliphatic rings. The van der Waals surface area contributed by atoms with E-state index in [-0.39, 0.29) is 6.42 Å². The number of benzene rings is 1. The van der Waals surface area contributed by atoms with Crippen LogP contribution in [-0.4, -0.2) is 22.7 Å². The van der Waals surface area contributed by atoms with Gasteiger partial charge in [-0.3, -0.25) is 4.79 Å². The van der Waals surface area contributed by atoms with E-state index in [1.165, 1.54) is 0 Å². The van der Waals surface area contributed by atoms with E-state index in [4.69, 9.17) is 11.6 Å². The van der Waals surface area contributed by atoms with Gasteiger partial charge in [0, 0.05) is 17.9 Å². The molecule has 1 fully saturated rings. The first-order valence-corrected chi connectivity index (χ1v) is 6.15. The fraction of sp³-hybridized carbons (Fsp3) is 0.462. The third-order valence-electron chi connectivity index (χ3n) is 3.42. The van der Waals surface area contributed by atoms with E-state index < -0.39 is 36.3 Å². The fourth-order valence-corrected chi connectivity index (χ4v) is 2.54. The van der Waals surface area contributed by atoms with Crippen LogP contribution in [0.15, 0.2) is 24.3 Å².